The Morgan fingerprint density at radius 1 is 1.37 bits per heavy atom. The largest absolute Gasteiger partial charge is 0.481 e. The molecule has 0 spiro atoms. The van der Waals surface area contributed by atoms with Gasteiger partial charge in [-0.05, 0) is 0 Å². The summed E-state index contributed by atoms with van der Waals surface area (Å²) in [5.74, 6) is -0.637. The van der Waals surface area contributed by atoms with Crippen molar-refractivity contribution in [2.75, 3.05) is 5.75 Å². The zero-order valence-electron chi connectivity index (χ0n) is 9.88. The van der Waals surface area contributed by atoms with E-state index in [4.69, 9.17) is 5.11 Å². The minimum Gasteiger partial charge on any atom is -0.481 e. The molecule has 0 saturated carbocycles. The first-order chi connectivity index (χ1) is 9.20. The van der Waals surface area contributed by atoms with Crippen LogP contribution < -0.4 is 0 Å². The third kappa shape index (κ3) is 3.51. The lowest BCUT2D eigenvalue weighted by Gasteiger charge is -2.08. The number of hydrogen-bond donors (Lipinski definition) is 2. The predicted molar refractivity (Wildman–Crippen MR) is 64.3 cm³/mol. The van der Waals surface area contributed by atoms with Gasteiger partial charge in [-0.1, -0.05) is 17.0 Å². The Hall–Kier alpha value is -1.94. The molecule has 0 atom stereocenters. The standard InChI is InChI=1S/C9H12N6O3S/c16-5-7-11-12-9(19-6-8(17)18)15(7)4-3-14-2-1-10-13-14/h1-2,16H,3-6H2,(H,17,18). The summed E-state index contributed by atoms with van der Waals surface area (Å²) in [6.45, 7) is 0.762. The van der Waals surface area contributed by atoms with Crippen LogP contribution >= 0.6 is 11.8 Å². The molecule has 0 aromatic carbocycles. The molecule has 0 amide bonds. The van der Waals surface area contributed by atoms with Gasteiger partial charge in [-0.3, -0.25) is 9.48 Å². The van der Waals surface area contributed by atoms with Crippen molar-refractivity contribution in [3.05, 3.63) is 18.2 Å². The second-order valence-corrected chi connectivity index (χ2v) is 4.50. The summed E-state index contributed by atoms with van der Waals surface area (Å²) >= 11 is 1.06. The maximum Gasteiger partial charge on any atom is 0.313 e. The van der Waals surface area contributed by atoms with Crippen LogP contribution in [0.25, 0.3) is 0 Å². The smallest absolute Gasteiger partial charge is 0.313 e. The minimum absolute atomic E-state index is 0.104. The highest BCUT2D eigenvalue weighted by atomic mass is 32.2. The van der Waals surface area contributed by atoms with E-state index in [0.717, 1.165) is 11.8 Å². The average molecular weight is 284 g/mol. The highest BCUT2D eigenvalue weighted by molar-refractivity contribution is 7.99. The summed E-state index contributed by atoms with van der Waals surface area (Å²) < 4.78 is 3.31. The normalized spacial score (nSPS) is 10.8. The van der Waals surface area contributed by atoms with Gasteiger partial charge in [0.05, 0.1) is 18.5 Å². The van der Waals surface area contributed by atoms with E-state index < -0.39 is 5.97 Å². The van der Waals surface area contributed by atoms with Crippen molar-refractivity contribution >= 4 is 17.7 Å². The molecule has 0 aliphatic rings. The van der Waals surface area contributed by atoms with Crippen LogP contribution in [0.15, 0.2) is 17.6 Å². The van der Waals surface area contributed by atoms with Gasteiger partial charge in [0.1, 0.15) is 6.61 Å². The van der Waals surface area contributed by atoms with Crippen molar-refractivity contribution in [3.63, 3.8) is 0 Å². The fraction of sp³-hybridized carbons (Fsp3) is 0.444. The molecular weight excluding hydrogens is 272 g/mol. The van der Waals surface area contributed by atoms with Crippen LogP contribution in [0.2, 0.25) is 0 Å². The second-order valence-electron chi connectivity index (χ2n) is 3.56. The Bertz CT molecular complexity index is 540. The van der Waals surface area contributed by atoms with Gasteiger partial charge in [0.2, 0.25) is 0 Å². The van der Waals surface area contributed by atoms with Crippen LogP contribution in [0, 0.1) is 0 Å². The Balaban J connectivity index is 2.07. The maximum atomic E-state index is 10.6. The third-order valence-corrected chi connectivity index (χ3v) is 3.24. The molecule has 10 heteroatoms. The van der Waals surface area contributed by atoms with E-state index in [1.54, 1.807) is 21.6 Å². The molecule has 0 saturated heterocycles. The number of aliphatic hydroxyl groups excluding tert-OH is 1. The van der Waals surface area contributed by atoms with Gasteiger partial charge in [0, 0.05) is 12.7 Å². The molecule has 2 rings (SSSR count). The van der Waals surface area contributed by atoms with Gasteiger partial charge in [-0.25, -0.2) is 0 Å². The number of aliphatic carboxylic acids is 1. The SMILES string of the molecule is O=C(O)CSc1nnc(CO)n1CCn1ccnn1. The molecular formula is C9H12N6O3S. The van der Waals surface area contributed by atoms with Gasteiger partial charge in [0.25, 0.3) is 0 Å². The highest BCUT2D eigenvalue weighted by Crippen LogP contribution is 2.17. The Kier molecular flexibility index (Phi) is 4.47. The van der Waals surface area contributed by atoms with Crippen molar-refractivity contribution in [1.82, 2.24) is 29.8 Å². The molecule has 2 aromatic heterocycles. The maximum absolute atomic E-state index is 10.6. The summed E-state index contributed by atoms with van der Waals surface area (Å²) in [5, 5.41) is 33.5. The van der Waals surface area contributed by atoms with Gasteiger partial charge in [-0.15, -0.1) is 15.3 Å². The van der Waals surface area contributed by atoms with Crippen LogP contribution in [-0.4, -0.2) is 51.7 Å². The number of carbonyl (C=O) groups is 1. The lowest BCUT2D eigenvalue weighted by Crippen LogP contribution is -2.12. The monoisotopic (exact) mass is 284 g/mol. The Morgan fingerprint density at radius 3 is 2.84 bits per heavy atom. The van der Waals surface area contributed by atoms with E-state index in [-0.39, 0.29) is 12.4 Å². The topological polar surface area (TPSA) is 119 Å². The molecule has 2 aromatic rings. The van der Waals surface area contributed by atoms with Crippen LogP contribution in [0.5, 0.6) is 0 Å². The number of carboxylic acids is 1. The average Bonchev–Trinajstić information content (AvgIpc) is 3.02. The third-order valence-electron chi connectivity index (χ3n) is 2.28. The van der Waals surface area contributed by atoms with E-state index in [2.05, 4.69) is 20.5 Å². The van der Waals surface area contributed by atoms with Gasteiger partial charge >= 0.3 is 5.97 Å². The molecule has 0 aliphatic heterocycles. The van der Waals surface area contributed by atoms with Crippen molar-refractivity contribution in [1.29, 1.82) is 0 Å². The summed E-state index contributed by atoms with van der Waals surface area (Å²) in [4.78, 5) is 10.6. The van der Waals surface area contributed by atoms with Crippen molar-refractivity contribution in [2.45, 2.75) is 24.9 Å². The number of thioether (sulfide) groups is 1. The van der Waals surface area contributed by atoms with Gasteiger partial charge < -0.3 is 14.8 Å². The Labute approximate surface area is 112 Å². The van der Waals surface area contributed by atoms with Crippen LogP contribution in [0.3, 0.4) is 0 Å². The zero-order chi connectivity index (χ0) is 13.7. The highest BCUT2D eigenvalue weighted by Gasteiger charge is 2.13. The van der Waals surface area contributed by atoms with Gasteiger partial charge in [0.15, 0.2) is 11.0 Å². The molecule has 2 heterocycles. The van der Waals surface area contributed by atoms with E-state index in [1.165, 1.54) is 0 Å². The van der Waals surface area contributed by atoms with Gasteiger partial charge in [-0.2, -0.15) is 0 Å². The fourth-order valence-electron chi connectivity index (χ4n) is 1.45. The predicted octanol–water partition coefficient (Wildman–Crippen LogP) is -0.761. The quantitative estimate of drug-likeness (QED) is 0.637. The number of carboxylic acid groups (broad SMARTS) is 1. The fourth-order valence-corrected chi connectivity index (χ4v) is 2.15. The minimum atomic E-state index is -0.929. The van der Waals surface area contributed by atoms with E-state index >= 15 is 0 Å². The number of hydrogen-bond acceptors (Lipinski definition) is 7. The lowest BCUT2D eigenvalue weighted by atomic mass is 10.5. The number of aliphatic hydroxyl groups is 1. The summed E-state index contributed by atoms with van der Waals surface area (Å²) in [6, 6.07) is 0. The first-order valence-corrected chi connectivity index (χ1v) is 6.41. The molecule has 0 unspecified atom stereocenters. The van der Waals surface area contributed by atoms with Crippen LogP contribution in [-0.2, 0) is 24.5 Å². The molecule has 0 bridgehead atoms. The molecule has 9 nitrogen and oxygen atoms in total. The summed E-state index contributed by atoms with van der Waals surface area (Å²) in [5.41, 5.74) is 0. The van der Waals surface area contributed by atoms with Crippen molar-refractivity contribution in [2.24, 2.45) is 0 Å². The Morgan fingerprint density at radius 2 is 2.21 bits per heavy atom. The lowest BCUT2D eigenvalue weighted by molar-refractivity contribution is -0.133. The molecule has 2 N–H and O–H groups in total. The number of nitrogens with zero attached hydrogens (tertiary/aromatic N) is 6. The number of aryl methyl sites for hydroxylation is 1. The number of rotatable bonds is 7. The molecule has 102 valence electrons. The van der Waals surface area contributed by atoms with Crippen LogP contribution in [0.1, 0.15) is 5.82 Å². The summed E-state index contributed by atoms with van der Waals surface area (Å²) in [7, 11) is 0. The molecule has 0 fully saturated rings. The second kappa shape index (κ2) is 6.29. The molecule has 0 aliphatic carbocycles. The first-order valence-electron chi connectivity index (χ1n) is 5.42. The molecule has 0 radical (unpaired) electrons. The number of aromatic nitrogens is 6. The summed E-state index contributed by atoms with van der Waals surface area (Å²) in [6.07, 6.45) is 3.28. The van der Waals surface area contributed by atoms with Crippen molar-refractivity contribution in [3.8, 4) is 0 Å². The van der Waals surface area contributed by atoms with Crippen LogP contribution in [0.4, 0.5) is 0 Å². The van der Waals surface area contributed by atoms with E-state index in [0.29, 0.717) is 24.1 Å². The first kappa shape index (κ1) is 13.5. The van der Waals surface area contributed by atoms with E-state index in [9.17, 15) is 9.90 Å². The zero-order valence-corrected chi connectivity index (χ0v) is 10.7. The van der Waals surface area contributed by atoms with Crippen molar-refractivity contribution < 1.29 is 15.0 Å². The molecule has 19 heavy (non-hydrogen) atoms. The van der Waals surface area contributed by atoms with E-state index in [1.807, 2.05) is 0 Å².